The molecule has 2 amide bonds. The predicted molar refractivity (Wildman–Crippen MR) is 123 cm³/mol. The molecule has 0 unspecified atom stereocenters. The van der Waals surface area contributed by atoms with Crippen molar-refractivity contribution in [3.05, 3.63) is 71.5 Å². The van der Waals surface area contributed by atoms with Gasteiger partial charge in [-0.3, -0.25) is 9.59 Å². The van der Waals surface area contributed by atoms with Gasteiger partial charge < -0.3 is 20.8 Å². The molecule has 182 valence electrons. The molecule has 12 heteroatoms. The van der Waals surface area contributed by atoms with Crippen LogP contribution in [0.15, 0.2) is 59.8 Å². The molecule has 1 aliphatic heterocycles. The Labute approximate surface area is 197 Å². The first kappa shape index (κ1) is 23.8. The van der Waals surface area contributed by atoms with Gasteiger partial charge in [-0.1, -0.05) is 11.2 Å². The molecule has 9 nitrogen and oxygen atoms in total. The molecule has 4 rings (SSSR count). The van der Waals surface area contributed by atoms with Crippen LogP contribution >= 0.6 is 0 Å². The first-order chi connectivity index (χ1) is 16.7. The Morgan fingerprint density at radius 3 is 2.51 bits per heavy atom. The molecule has 2 aromatic carbocycles. The van der Waals surface area contributed by atoms with Crippen LogP contribution in [0.2, 0.25) is 0 Å². The van der Waals surface area contributed by atoms with Gasteiger partial charge >= 0.3 is 6.18 Å². The zero-order valence-corrected chi connectivity index (χ0v) is 18.5. The van der Waals surface area contributed by atoms with Crippen molar-refractivity contribution in [3.8, 4) is 5.69 Å². The number of carbonyl (C=O) groups is 2. The van der Waals surface area contributed by atoms with Crippen LogP contribution in [0.1, 0.15) is 39.4 Å². The number of anilines is 2. The molecule has 3 aromatic rings. The number of amides is 2. The van der Waals surface area contributed by atoms with E-state index in [1.807, 2.05) is 4.90 Å². The van der Waals surface area contributed by atoms with Gasteiger partial charge in [0.25, 0.3) is 5.91 Å². The fourth-order valence-electron chi connectivity index (χ4n) is 3.73. The Kier molecular flexibility index (Phi) is 6.45. The van der Waals surface area contributed by atoms with Crippen molar-refractivity contribution >= 4 is 29.0 Å². The highest BCUT2D eigenvalue weighted by Crippen LogP contribution is 2.30. The van der Waals surface area contributed by atoms with E-state index in [1.54, 1.807) is 24.3 Å². The average molecular weight is 486 g/mol. The predicted octanol–water partition coefficient (Wildman–Crippen LogP) is 3.80. The van der Waals surface area contributed by atoms with Gasteiger partial charge in [0.15, 0.2) is 5.69 Å². The average Bonchev–Trinajstić information content (AvgIpc) is 3.47. The molecule has 0 radical (unpaired) electrons. The molecule has 0 saturated carbocycles. The monoisotopic (exact) mass is 486 g/mol. The van der Waals surface area contributed by atoms with Gasteiger partial charge in [-0.15, -0.1) is 0 Å². The van der Waals surface area contributed by atoms with E-state index >= 15 is 0 Å². The number of benzene rings is 2. The number of nitrogens with two attached hydrogens (primary N) is 1. The fourth-order valence-corrected chi connectivity index (χ4v) is 3.73. The van der Waals surface area contributed by atoms with Gasteiger partial charge in [-0.2, -0.15) is 18.3 Å². The zero-order chi connectivity index (χ0) is 25.2. The Balaban J connectivity index is 1.62. The summed E-state index contributed by atoms with van der Waals surface area (Å²) in [5.74, 6) is -0.795. The van der Waals surface area contributed by atoms with E-state index in [-0.39, 0.29) is 16.9 Å². The molecule has 35 heavy (non-hydrogen) atoms. The number of oxime groups is 1. The second-order valence-corrected chi connectivity index (χ2v) is 7.69. The number of rotatable bonds is 6. The lowest BCUT2D eigenvalue weighted by molar-refractivity contribution is -0.141. The highest BCUT2D eigenvalue weighted by molar-refractivity contribution is 6.04. The number of carbonyl (C=O) groups excluding carboxylic acids is 2. The Morgan fingerprint density at radius 1 is 1.11 bits per heavy atom. The van der Waals surface area contributed by atoms with Crippen molar-refractivity contribution in [2.45, 2.75) is 19.0 Å². The Hall–Kier alpha value is -4.35. The summed E-state index contributed by atoms with van der Waals surface area (Å²) >= 11 is 0. The summed E-state index contributed by atoms with van der Waals surface area (Å²) < 4.78 is 40.9. The van der Waals surface area contributed by atoms with E-state index in [2.05, 4.69) is 15.6 Å². The first-order valence-electron chi connectivity index (χ1n) is 10.5. The molecular formula is C23H21F3N6O3. The number of primary amides is 1. The summed E-state index contributed by atoms with van der Waals surface area (Å²) in [6.45, 7) is 0.762. The quantitative estimate of drug-likeness (QED) is 0.515. The van der Waals surface area contributed by atoms with Crippen molar-refractivity contribution in [2.75, 3.05) is 23.9 Å². The number of halogens is 3. The normalized spacial score (nSPS) is 14.9. The number of hydrogen-bond donors (Lipinski definition) is 2. The zero-order valence-electron chi connectivity index (χ0n) is 18.5. The number of nitrogens with one attached hydrogen (secondary N) is 1. The lowest BCUT2D eigenvalue weighted by Gasteiger charge is -2.18. The van der Waals surface area contributed by atoms with Gasteiger partial charge in [0, 0.05) is 36.0 Å². The summed E-state index contributed by atoms with van der Waals surface area (Å²) in [4.78, 5) is 31.3. The van der Waals surface area contributed by atoms with E-state index in [4.69, 9.17) is 10.6 Å². The minimum absolute atomic E-state index is 0.0619. The maximum absolute atomic E-state index is 13.4. The topological polar surface area (TPSA) is 115 Å². The minimum atomic E-state index is -4.78. The van der Waals surface area contributed by atoms with Crippen LogP contribution in [0.5, 0.6) is 0 Å². The molecule has 0 aliphatic carbocycles. The second kappa shape index (κ2) is 9.49. The van der Waals surface area contributed by atoms with Crippen LogP contribution in [0, 0.1) is 0 Å². The highest BCUT2D eigenvalue weighted by Gasteiger charge is 2.36. The standard InChI is InChI=1S/C23H21F3N6O3/c1-35-30-20-6-3-11-31(20)16-9-7-15(8-10-16)28-22(34)18-13-19(23(24,25)26)29-32(18)17-5-2-4-14(12-17)21(27)33/h2,4-5,7-10,12-13H,3,6,11H2,1H3,(H2,27,33)(H,28,34). The van der Waals surface area contributed by atoms with E-state index in [9.17, 15) is 22.8 Å². The van der Waals surface area contributed by atoms with Crippen LogP contribution in [-0.4, -0.2) is 41.1 Å². The number of hydrogen-bond acceptors (Lipinski definition) is 5. The smallest absolute Gasteiger partial charge is 0.398 e. The van der Waals surface area contributed by atoms with Crippen LogP contribution in [0.25, 0.3) is 5.69 Å². The van der Waals surface area contributed by atoms with Crippen LogP contribution in [0.3, 0.4) is 0 Å². The lowest BCUT2D eigenvalue weighted by atomic mass is 10.2. The van der Waals surface area contributed by atoms with Crippen LogP contribution in [-0.2, 0) is 11.0 Å². The number of aromatic nitrogens is 2. The van der Waals surface area contributed by atoms with Crippen molar-refractivity contribution in [1.29, 1.82) is 0 Å². The molecule has 1 saturated heterocycles. The van der Waals surface area contributed by atoms with E-state index in [0.717, 1.165) is 35.6 Å². The van der Waals surface area contributed by atoms with Crippen molar-refractivity contribution in [2.24, 2.45) is 10.9 Å². The van der Waals surface area contributed by atoms with Gasteiger partial charge in [0.1, 0.15) is 18.6 Å². The summed E-state index contributed by atoms with van der Waals surface area (Å²) in [7, 11) is 1.47. The van der Waals surface area contributed by atoms with Gasteiger partial charge in [0.2, 0.25) is 5.91 Å². The summed E-state index contributed by atoms with van der Waals surface area (Å²) in [6.07, 6.45) is -3.08. The number of nitrogens with zero attached hydrogens (tertiary/aromatic N) is 4. The van der Waals surface area contributed by atoms with Crippen molar-refractivity contribution < 1.29 is 27.6 Å². The van der Waals surface area contributed by atoms with Crippen molar-refractivity contribution in [3.63, 3.8) is 0 Å². The van der Waals surface area contributed by atoms with E-state index in [0.29, 0.717) is 11.8 Å². The van der Waals surface area contributed by atoms with Gasteiger partial charge in [0.05, 0.1) is 5.69 Å². The second-order valence-electron chi connectivity index (χ2n) is 7.69. The van der Waals surface area contributed by atoms with E-state index < -0.39 is 23.7 Å². The first-order valence-corrected chi connectivity index (χ1v) is 10.5. The molecule has 1 aromatic heterocycles. The summed E-state index contributed by atoms with van der Waals surface area (Å²) in [5, 5.41) is 10.2. The molecule has 1 aliphatic rings. The highest BCUT2D eigenvalue weighted by atomic mass is 19.4. The fraction of sp³-hybridized carbons (Fsp3) is 0.217. The number of alkyl halides is 3. The third-order valence-corrected chi connectivity index (χ3v) is 5.33. The molecule has 3 N–H and O–H groups in total. The third-order valence-electron chi connectivity index (χ3n) is 5.33. The van der Waals surface area contributed by atoms with Crippen LogP contribution in [0.4, 0.5) is 24.5 Å². The Bertz CT molecular complexity index is 1280. The molecular weight excluding hydrogens is 465 g/mol. The summed E-state index contributed by atoms with van der Waals surface area (Å²) in [5.41, 5.74) is 5.01. The van der Waals surface area contributed by atoms with Crippen LogP contribution < -0.4 is 16.0 Å². The lowest BCUT2D eigenvalue weighted by Crippen LogP contribution is -2.24. The van der Waals surface area contributed by atoms with Gasteiger partial charge in [-0.25, -0.2) is 4.68 Å². The molecule has 0 bridgehead atoms. The third kappa shape index (κ3) is 5.10. The number of amidine groups is 1. The SMILES string of the molecule is CON=C1CCCN1c1ccc(NC(=O)c2cc(C(F)(F)F)nn2-c2cccc(C(N)=O)c2)cc1. The van der Waals surface area contributed by atoms with Crippen molar-refractivity contribution in [1.82, 2.24) is 9.78 Å². The Morgan fingerprint density at radius 2 is 1.86 bits per heavy atom. The van der Waals surface area contributed by atoms with Gasteiger partial charge in [-0.05, 0) is 48.9 Å². The molecule has 0 spiro atoms. The van der Waals surface area contributed by atoms with E-state index in [1.165, 1.54) is 31.4 Å². The minimum Gasteiger partial charge on any atom is -0.398 e. The maximum Gasteiger partial charge on any atom is 0.435 e. The molecule has 1 fully saturated rings. The summed E-state index contributed by atoms with van der Waals surface area (Å²) in [6, 6.07) is 13.0. The largest absolute Gasteiger partial charge is 0.435 e. The molecule has 0 atom stereocenters. The molecule has 2 heterocycles. The maximum atomic E-state index is 13.4.